The lowest BCUT2D eigenvalue weighted by Gasteiger charge is -2.17. The van der Waals surface area contributed by atoms with Crippen LogP contribution in [0.5, 0.6) is 0 Å². The average molecular weight is 143 g/mol. The molecule has 0 aromatic carbocycles. The van der Waals surface area contributed by atoms with Gasteiger partial charge in [-0.25, -0.2) is 0 Å². The van der Waals surface area contributed by atoms with Gasteiger partial charge in [-0.05, 0) is 12.8 Å². The first kappa shape index (κ1) is 6.12. The molecule has 2 aliphatic rings. The van der Waals surface area contributed by atoms with Gasteiger partial charge in [-0.2, -0.15) is 0 Å². The molecule has 2 heterocycles. The minimum Gasteiger partial charge on any atom is -0.411 e. The van der Waals surface area contributed by atoms with Crippen LogP contribution >= 0.6 is 0 Å². The summed E-state index contributed by atoms with van der Waals surface area (Å²) < 4.78 is 10.5. The van der Waals surface area contributed by atoms with Crippen molar-refractivity contribution in [2.45, 2.75) is 25.2 Å². The van der Waals surface area contributed by atoms with E-state index in [0.717, 1.165) is 12.8 Å². The highest BCUT2D eigenvalue weighted by molar-refractivity contribution is 5.88. The molecule has 0 aromatic rings. The van der Waals surface area contributed by atoms with E-state index in [1.807, 2.05) is 0 Å². The van der Waals surface area contributed by atoms with Gasteiger partial charge in [0.2, 0.25) is 6.29 Å². The van der Waals surface area contributed by atoms with Gasteiger partial charge in [0.15, 0.2) is 0 Å². The zero-order valence-electron chi connectivity index (χ0n) is 5.49. The van der Waals surface area contributed by atoms with Gasteiger partial charge in [-0.15, -0.1) is 0 Å². The van der Waals surface area contributed by atoms with Crippen LogP contribution in [0.25, 0.3) is 0 Å². The largest absolute Gasteiger partial charge is 0.411 e. The fourth-order valence-electron chi connectivity index (χ4n) is 1.30. The third kappa shape index (κ3) is 0.803. The maximum Gasteiger partial charge on any atom is 0.200 e. The maximum atomic E-state index is 8.44. The van der Waals surface area contributed by atoms with Crippen LogP contribution in [0, 0.1) is 0 Å². The minimum absolute atomic E-state index is 0.232. The summed E-state index contributed by atoms with van der Waals surface area (Å²) in [4.78, 5) is 0. The predicted molar refractivity (Wildman–Crippen MR) is 33.1 cm³/mol. The van der Waals surface area contributed by atoms with Crippen molar-refractivity contribution < 1.29 is 14.7 Å². The highest BCUT2D eigenvalue weighted by Gasteiger charge is 2.35. The molecule has 0 radical (unpaired) electrons. The van der Waals surface area contributed by atoms with E-state index in [-0.39, 0.29) is 12.4 Å². The molecule has 0 amide bonds. The zero-order chi connectivity index (χ0) is 6.97. The van der Waals surface area contributed by atoms with Crippen LogP contribution in [0.3, 0.4) is 0 Å². The molecular weight excluding hydrogens is 134 g/mol. The van der Waals surface area contributed by atoms with Gasteiger partial charge in [0.05, 0.1) is 12.7 Å². The first-order valence-corrected chi connectivity index (χ1v) is 3.38. The van der Waals surface area contributed by atoms with Crippen LogP contribution < -0.4 is 0 Å². The summed E-state index contributed by atoms with van der Waals surface area (Å²) in [5.41, 5.74) is 0.619. The Hall–Kier alpha value is -0.610. The van der Waals surface area contributed by atoms with E-state index in [4.69, 9.17) is 14.7 Å². The minimum atomic E-state index is -0.358. The lowest BCUT2D eigenvalue weighted by molar-refractivity contribution is -0.0186. The molecule has 2 fully saturated rings. The van der Waals surface area contributed by atoms with Crippen LogP contribution in [0.15, 0.2) is 5.16 Å². The third-order valence-electron chi connectivity index (χ3n) is 1.87. The first-order valence-electron chi connectivity index (χ1n) is 3.38. The number of ether oxygens (including phenoxy) is 2. The Labute approximate surface area is 58.4 Å². The van der Waals surface area contributed by atoms with Crippen molar-refractivity contribution in [3.05, 3.63) is 0 Å². The van der Waals surface area contributed by atoms with Crippen molar-refractivity contribution in [2.24, 2.45) is 5.16 Å². The molecule has 2 bridgehead atoms. The second kappa shape index (κ2) is 2.21. The second-order valence-corrected chi connectivity index (χ2v) is 2.55. The predicted octanol–water partition coefficient (Wildman–Crippen LogP) is 0.352. The van der Waals surface area contributed by atoms with Crippen LogP contribution in [-0.4, -0.2) is 29.9 Å². The van der Waals surface area contributed by atoms with Crippen molar-refractivity contribution in [2.75, 3.05) is 6.61 Å². The smallest absolute Gasteiger partial charge is 0.200 e. The zero-order valence-corrected chi connectivity index (χ0v) is 5.49. The molecule has 2 atom stereocenters. The number of fused-ring (bicyclic) bond motifs is 2. The van der Waals surface area contributed by atoms with Gasteiger partial charge in [-0.3, -0.25) is 0 Å². The van der Waals surface area contributed by atoms with Gasteiger partial charge in [0.25, 0.3) is 0 Å². The van der Waals surface area contributed by atoms with Crippen LogP contribution in [-0.2, 0) is 9.47 Å². The van der Waals surface area contributed by atoms with Crippen molar-refractivity contribution in [3.8, 4) is 0 Å². The molecule has 1 N–H and O–H groups in total. The highest BCUT2D eigenvalue weighted by Crippen LogP contribution is 2.24. The van der Waals surface area contributed by atoms with E-state index < -0.39 is 0 Å². The summed E-state index contributed by atoms with van der Waals surface area (Å²) in [6.07, 6.45) is 1.58. The Bertz CT molecular complexity index is 168. The molecule has 2 aliphatic heterocycles. The third-order valence-corrected chi connectivity index (χ3v) is 1.87. The van der Waals surface area contributed by atoms with Gasteiger partial charge >= 0.3 is 0 Å². The summed E-state index contributed by atoms with van der Waals surface area (Å²) in [5, 5.41) is 11.5. The fraction of sp³-hybridized carbons (Fsp3) is 0.833. The maximum absolute atomic E-state index is 8.44. The van der Waals surface area contributed by atoms with E-state index >= 15 is 0 Å². The van der Waals surface area contributed by atoms with E-state index in [0.29, 0.717) is 12.3 Å². The molecule has 0 spiro atoms. The van der Waals surface area contributed by atoms with Crippen LogP contribution in [0.2, 0.25) is 0 Å². The van der Waals surface area contributed by atoms with Crippen molar-refractivity contribution in [3.63, 3.8) is 0 Å². The first-order chi connectivity index (χ1) is 4.90. The second-order valence-electron chi connectivity index (χ2n) is 2.55. The van der Waals surface area contributed by atoms with Crippen molar-refractivity contribution >= 4 is 5.71 Å². The Kier molecular flexibility index (Phi) is 1.35. The van der Waals surface area contributed by atoms with E-state index in [9.17, 15) is 0 Å². The van der Waals surface area contributed by atoms with Crippen molar-refractivity contribution in [1.82, 2.24) is 0 Å². The molecule has 56 valence electrons. The van der Waals surface area contributed by atoms with Gasteiger partial charge in [-0.1, -0.05) is 5.16 Å². The Morgan fingerprint density at radius 1 is 1.60 bits per heavy atom. The Morgan fingerprint density at radius 3 is 3.30 bits per heavy atom. The fourth-order valence-corrected chi connectivity index (χ4v) is 1.30. The topological polar surface area (TPSA) is 51.1 Å². The van der Waals surface area contributed by atoms with Crippen LogP contribution in [0.1, 0.15) is 12.8 Å². The summed E-state index contributed by atoms with van der Waals surface area (Å²) in [5.74, 6) is 0. The summed E-state index contributed by atoms with van der Waals surface area (Å²) in [6, 6.07) is 0. The van der Waals surface area contributed by atoms with E-state index in [1.165, 1.54) is 0 Å². The number of rotatable bonds is 0. The summed E-state index contributed by atoms with van der Waals surface area (Å²) in [6.45, 7) is 0.643. The van der Waals surface area contributed by atoms with Gasteiger partial charge in [0.1, 0.15) is 5.71 Å². The standard InChI is InChI=1S/C6H9NO3/c8-7-5-2-1-4-3-9-6(5)10-4/h4,6,8H,1-3H2/b7-5-. The Balaban J connectivity index is 2.14. The molecule has 4 nitrogen and oxygen atoms in total. The quantitative estimate of drug-likeness (QED) is 0.393. The lowest BCUT2D eigenvalue weighted by atomic mass is 10.1. The van der Waals surface area contributed by atoms with Crippen LogP contribution in [0.4, 0.5) is 0 Å². The number of hydrogen-bond acceptors (Lipinski definition) is 4. The lowest BCUT2D eigenvalue weighted by Crippen LogP contribution is -2.28. The van der Waals surface area contributed by atoms with Gasteiger partial charge < -0.3 is 14.7 Å². The molecule has 10 heavy (non-hydrogen) atoms. The monoisotopic (exact) mass is 143 g/mol. The number of oxime groups is 1. The van der Waals surface area contributed by atoms with E-state index in [2.05, 4.69) is 5.16 Å². The Morgan fingerprint density at radius 2 is 2.50 bits per heavy atom. The van der Waals surface area contributed by atoms with Crippen molar-refractivity contribution in [1.29, 1.82) is 0 Å². The average Bonchev–Trinajstić information content (AvgIpc) is 2.34. The molecule has 2 rings (SSSR count). The molecule has 2 unspecified atom stereocenters. The number of nitrogens with zero attached hydrogens (tertiary/aromatic N) is 1. The molecule has 4 heteroatoms. The summed E-state index contributed by atoms with van der Waals surface area (Å²) >= 11 is 0. The SMILES string of the molecule is O/N=C1/CCC2COC1O2. The molecular formula is C6H9NO3. The van der Waals surface area contributed by atoms with Gasteiger partial charge in [0, 0.05) is 0 Å². The van der Waals surface area contributed by atoms with E-state index in [1.54, 1.807) is 0 Å². The highest BCUT2D eigenvalue weighted by atomic mass is 16.7. The summed E-state index contributed by atoms with van der Waals surface area (Å²) in [7, 11) is 0. The molecule has 0 aliphatic carbocycles. The normalized spacial score (nSPS) is 42.6. The molecule has 2 saturated heterocycles. The molecule has 0 aromatic heterocycles. The molecule has 0 saturated carbocycles. The number of hydrogen-bond donors (Lipinski definition) is 1.